The van der Waals surface area contributed by atoms with E-state index in [-0.39, 0.29) is 0 Å². The Hall–Kier alpha value is -0.730. The number of benzene rings is 1. The van der Waals surface area contributed by atoms with Gasteiger partial charge in [-0.3, -0.25) is 0 Å². The van der Waals surface area contributed by atoms with Gasteiger partial charge in [-0.15, -0.1) is 0 Å². The minimum atomic E-state index is 0.773. The van der Waals surface area contributed by atoms with E-state index in [0.717, 1.165) is 41.9 Å². The molecule has 0 radical (unpaired) electrons. The molecule has 0 unspecified atom stereocenters. The fourth-order valence-electron chi connectivity index (χ4n) is 1.84. The summed E-state index contributed by atoms with van der Waals surface area (Å²) in [5, 5.41) is 4.08. The molecule has 94 valence electrons. The van der Waals surface area contributed by atoms with Gasteiger partial charge in [-0.1, -0.05) is 37.4 Å². The Bertz CT molecular complexity index is 363. The van der Waals surface area contributed by atoms with Gasteiger partial charge in [0.1, 0.15) is 5.75 Å². The SMILES string of the molecule is CCNCc1c(Cl)cccc1OCCC1CC1. The summed E-state index contributed by atoms with van der Waals surface area (Å²) < 4.78 is 5.84. The van der Waals surface area contributed by atoms with Gasteiger partial charge in [0, 0.05) is 17.1 Å². The van der Waals surface area contributed by atoms with Crippen molar-refractivity contribution in [2.45, 2.75) is 32.7 Å². The van der Waals surface area contributed by atoms with Crippen LogP contribution in [0, 0.1) is 5.92 Å². The fourth-order valence-corrected chi connectivity index (χ4v) is 2.07. The van der Waals surface area contributed by atoms with E-state index < -0.39 is 0 Å². The molecular weight excluding hydrogens is 234 g/mol. The Morgan fingerprint density at radius 3 is 2.94 bits per heavy atom. The standard InChI is InChI=1S/C14H20ClNO/c1-2-16-10-12-13(15)4-3-5-14(12)17-9-8-11-6-7-11/h3-5,11,16H,2,6-10H2,1H3. The van der Waals surface area contributed by atoms with Crippen LogP contribution in [0.1, 0.15) is 31.7 Å². The molecule has 1 aromatic carbocycles. The molecule has 1 aromatic rings. The Morgan fingerprint density at radius 1 is 1.41 bits per heavy atom. The first kappa shape index (κ1) is 12.7. The molecule has 0 bridgehead atoms. The summed E-state index contributed by atoms with van der Waals surface area (Å²) in [6.07, 6.45) is 3.93. The normalized spacial score (nSPS) is 14.9. The lowest BCUT2D eigenvalue weighted by atomic mass is 10.2. The Kier molecular flexibility index (Phi) is 4.69. The van der Waals surface area contributed by atoms with E-state index in [4.69, 9.17) is 16.3 Å². The number of nitrogens with one attached hydrogen (secondary N) is 1. The van der Waals surface area contributed by atoms with Crippen molar-refractivity contribution in [2.24, 2.45) is 5.92 Å². The topological polar surface area (TPSA) is 21.3 Å². The van der Waals surface area contributed by atoms with Crippen LogP contribution in [0.4, 0.5) is 0 Å². The van der Waals surface area contributed by atoms with Crippen molar-refractivity contribution in [1.82, 2.24) is 5.32 Å². The lowest BCUT2D eigenvalue weighted by molar-refractivity contribution is 0.299. The van der Waals surface area contributed by atoms with Gasteiger partial charge in [-0.05, 0) is 31.0 Å². The zero-order chi connectivity index (χ0) is 12.1. The number of hydrogen-bond acceptors (Lipinski definition) is 2. The highest BCUT2D eigenvalue weighted by Gasteiger charge is 2.21. The van der Waals surface area contributed by atoms with Crippen molar-refractivity contribution in [3.8, 4) is 5.75 Å². The second-order valence-corrected chi connectivity index (χ2v) is 4.98. The van der Waals surface area contributed by atoms with Crippen molar-refractivity contribution in [3.05, 3.63) is 28.8 Å². The molecule has 0 atom stereocenters. The summed E-state index contributed by atoms with van der Waals surface area (Å²) >= 11 is 6.20. The van der Waals surface area contributed by atoms with E-state index in [0.29, 0.717) is 0 Å². The minimum absolute atomic E-state index is 0.773. The maximum absolute atomic E-state index is 6.20. The van der Waals surface area contributed by atoms with Crippen LogP contribution in [-0.4, -0.2) is 13.2 Å². The minimum Gasteiger partial charge on any atom is -0.493 e. The van der Waals surface area contributed by atoms with E-state index in [9.17, 15) is 0 Å². The molecule has 0 heterocycles. The van der Waals surface area contributed by atoms with Crippen molar-refractivity contribution >= 4 is 11.6 Å². The van der Waals surface area contributed by atoms with Crippen molar-refractivity contribution in [1.29, 1.82) is 0 Å². The van der Waals surface area contributed by atoms with Gasteiger partial charge >= 0.3 is 0 Å². The molecule has 0 spiro atoms. The highest BCUT2D eigenvalue weighted by atomic mass is 35.5. The largest absolute Gasteiger partial charge is 0.493 e. The van der Waals surface area contributed by atoms with Crippen LogP contribution in [0.25, 0.3) is 0 Å². The van der Waals surface area contributed by atoms with Crippen LogP contribution in [-0.2, 0) is 6.54 Å². The number of rotatable bonds is 7. The van der Waals surface area contributed by atoms with E-state index in [2.05, 4.69) is 12.2 Å². The molecule has 2 nitrogen and oxygen atoms in total. The van der Waals surface area contributed by atoms with E-state index in [1.165, 1.54) is 19.3 Å². The first-order valence-electron chi connectivity index (χ1n) is 6.42. The first-order chi connectivity index (χ1) is 8.31. The monoisotopic (exact) mass is 253 g/mol. The molecule has 0 amide bonds. The highest BCUT2D eigenvalue weighted by molar-refractivity contribution is 6.31. The zero-order valence-corrected chi connectivity index (χ0v) is 11.1. The molecular formula is C14H20ClNO. The third kappa shape index (κ3) is 3.90. The zero-order valence-electron chi connectivity index (χ0n) is 10.3. The smallest absolute Gasteiger partial charge is 0.125 e. The summed E-state index contributed by atoms with van der Waals surface area (Å²) in [7, 11) is 0. The van der Waals surface area contributed by atoms with Crippen LogP contribution in [0.2, 0.25) is 5.02 Å². The summed E-state index contributed by atoms with van der Waals surface area (Å²) in [6, 6.07) is 5.87. The average molecular weight is 254 g/mol. The number of ether oxygens (including phenoxy) is 1. The molecule has 1 N–H and O–H groups in total. The molecule has 0 aliphatic heterocycles. The lowest BCUT2D eigenvalue weighted by Gasteiger charge is -2.13. The van der Waals surface area contributed by atoms with Gasteiger partial charge in [0.25, 0.3) is 0 Å². The van der Waals surface area contributed by atoms with E-state index >= 15 is 0 Å². The maximum Gasteiger partial charge on any atom is 0.125 e. The number of halogens is 1. The van der Waals surface area contributed by atoms with Gasteiger partial charge < -0.3 is 10.1 Å². The van der Waals surface area contributed by atoms with Crippen LogP contribution >= 0.6 is 11.6 Å². The Balaban J connectivity index is 1.94. The third-order valence-corrected chi connectivity index (χ3v) is 3.46. The lowest BCUT2D eigenvalue weighted by Crippen LogP contribution is -2.13. The molecule has 3 heteroatoms. The maximum atomic E-state index is 6.20. The van der Waals surface area contributed by atoms with Crippen molar-refractivity contribution < 1.29 is 4.74 Å². The Labute approximate surface area is 108 Å². The summed E-state index contributed by atoms with van der Waals surface area (Å²) in [5.74, 6) is 1.84. The summed E-state index contributed by atoms with van der Waals surface area (Å²) in [4.78, 5) is 0. The van der Waals surface area contributed by atoms with Crippen LogP contribution in [0.15, 0.2) is 18.2 Å². The third-order valence-electron chi connectivity index (χ3n) is 3.11. The fraction of sp³-hybridized carbons (Fsp3) is 0.571. The van der Waals surface area contributed by atoms with Gasteiger partial charge in [0.05, 0.1) is 6.61 Å². The molecule has 1 aliphatic carbocycles. The molecule has 1 saturated carbocycles. The predicted octanol–water partition coefficient (Wildman–Crippen LogP) is 3.63. The summed E-state index contributed by atoms with van der Waals surface area (Å²) in [5.41, 5.74) is 1.08. The van der Waals surface area contributed by atoms with Gasteiger partial charge in [0.2, 0.25) is 0 Å². The molecule has 17 heavy (non-hydrogen) atoms. The molecule has 2 rings (SSSR count). The van der Waals surface area contributed by atoms with Crippen LogP contribution in [0.3, 0.4) is 0 Å². The van der Waals surface area contributed by atoms with Gasteiger partial charge in [-0.25, -0.2) is 0 Å². The molecule has 0 saturated heterocycles. The molecule has 1 fully saturated rings. The Morgan fingerprint density at radius 2 is 2.24 bits per heavy atom. The van der Waals surface area contributed by atoms with Gasteiger partial charge in [-0.2, -0.15) is 0 Å². The van der Waals surface area contributed by atoms with E-state index in [1.807, 2.05) is 18.2 Å². The molecule has 0 aromatic heterocycles. The van der Waals surface area contributed by atoms with Crippen LogP contribution in [0.5, 0.6) is 5.75 Å². The number of hydrogen-bond donors (Lipinski definition) is 1. The molecule has 1 aliphatic rings. The van der Waals surface area contributed by atoms with Crippen LogP contribution < -0.4 is 10.1 Å². The second-order valence-electron chi connectivity index (χ2n) is 4.58. The van der Waals surface area contributed by atoms with Crippen molar-refractivity contribution in [2.75, 3.05) is 13.2 Å². The quantitative estimate of drug-likeness (QED) is 0.801. The highest BCUT2D eigenvalue weighted by Crippen LogP contribution is 2.33. The summed E-state index contributed by atoms with van der Waals surface area (Å²) in [6.45, 7) is 4.61. The van der Waals surface area contributed by atoms with Gasteiger partial charge in [0.15, 0.2) is 0 Å². The average Bonchev–Trinajstić information content (AvgIpc) is 3.12. The van der Waals surface area contributed by atoms with E-state index in [1.54, 1.807) is 0 Å². The van der Waals surface area contributed by atoms with Crippen molar-refractivity contribution in [3.63, 3.8) is 0 Å². The second kappa shape index (κ2) is 6.27. The first-order valence-corrected chi connectivity index (χ1v) is 6.80. The predicted molar refractivity (Wildman–Crippen MR) is 71.7 cm³/mol.